The molecule has 1 heterocycles. The van der Waals surface area contributed by atoms with Gasteiger partial charge in [0.15, 0.2) is 5.78 Å². The summed E-state index contributed by atoms with van der Waals surface area (Å²) in [4.78, 5) is 47.8. The summed E-state index contributed by atoms with van der Waals surface area (Å²) in [5.41, 5.74) is 0.470. The lowest BCUT2D eigenvalue weighted by Crippen LogP contribution is -2.34. The van der Waals surface area contributed by atoms with Crippen molar-refractivity contribution >= 4 is 44.8 Å². The Morgan fingerprint density at radius 2 is 1.92 bits per heavy atom. The van der Waals surface area contributed by atoms with Crippen molar-refractivity contribution in [1.29, 1.82) is 0 Å². The second kappa shape index (κ2) is 5.97. The highest BCUT2D eigenvalue weighted by Gasteiger charge is 2.37. The number of Topliss-reactive ketones (excluding diaryl/α,β-unsaturated/α-hetero) is 2. The van der Waals surface area contributed by atoms with Gasteiger partial charge in [0.2, 0.25) is 0 Å². The van der Waals surface area contributed by atoms with E-state index < -0.39 is 22.4 Å². The minimum Gasteiger partial charge on any atom is -0.297 e. The molecular weight excluding hydrogens is 380 g/mol. The Kier molecular flexibility index (Phi) is 3.98. The van der Waals surface area contributed by atoms with Gasteiger partial charge in [0, 0.05) is 22.2 Å². The van der Waals surface area contributed by atoms with Crippen LogP contribution in [0.25, 0.3) is 0 Å². The molecule has 0 spiro atoms. The Hall–Kier alpha value is -2.87. The van der Waals surface area contributed by atoms with Crippen LogP contribution in [0.2, 0.25) is 0 Å². The van der Waals surface area contributed by atoms with Crippen molar-refractivity contribution in [2.75, 3.05) is 11.4 Å². The van der Waals surface area contributed by atoms with Gasteiger partial charge >= 0.3 is 0 Å². The van der Waals surface area contributed by atoms with E-state index in [4.69, 9.17) is 0 Å². The Labute approximate surface area is 144 Å². The van der Waals surface area contributed by atoms with Gasteiger partial charge in [-0.25, -0.2) is 0 Å². The number of carbonyl (C=O) groups is 3. The first-order valence-electron chi connectivity index (χ1n) is 6.82. The molecule has 0 bridgehead atoms. The van der Waals surface area contributed by atoms with Gasteiger partial charge in [-0.1, -0.05) is 28.1 Å². The number of nitro benzene ring substituents is 1. The number of amides is 1. The molecule has 0 saturated carbocycles. The summed E-state index contributed by atoms with van der Waals surface area (Å²) >= 11 is 3.23. The Morgan fingerprint density at radius 3 is 2.62 bits per heavy atom. The number of halogens is 1. The summed E-state index contributed by atoms with van der Waals surface area (Å²) in [6.07, 6.45) is 0. The van der Waals surface area contributed by atoms with Crippen LogP contribution in [0.3, 0.4) is 0 Å². The number of benzene rings is 2. The van der Waals surface area contributed by atoms with Crippen molar-refractivity contribution in [2.45, 2.75) is 0 Å². The molecule has 0 saturated heterocycles. The molecule has 2 aromatic rings. The van der Waals surface area contributed by atoms with Gasteiger partial charge in [-0.05, 0) is 18.2 Å². The van der Waals surface area contributed by atoms with E-state index in [1.54, 1.807) is 12.1 Å². The number of hydrogen-bond acceptors (Lipinski definition) is 5. The third-order valence-electron chi connectivity index (χ3n) is 3.61. The molecule has 0 aliphatic carbocycles. The maximum absolute atomic E-state index is 12.4. The van der Waals surface area contributed by atoms with Crippen LogP contribution in [0.5, 0.6) is 0 Å². The maximum Gasteiger partial charge on any atom is 0.299 e. The van der Waals surface area contributed by atoms with Crippen molar-refractivity contribution in [3.05, 3.63) is 68.2 Å². The van der Waals surface area contributed by atoms with Crippen LogP contribution < -0.4 is 4.90 Å². The average molecular weight is 389 g/mol. The lowest BCUT2D eigenvalue weighted by molar-refractivity contribution is -0.384. The highest BCUT2D eigenvalue weighted by molar-refractivity contribution is 9.10. The summed E-state index contributed by atoms with van der Waals surface area (Å²) in [6.45, 7) is -0.361. The van der Waals surface area contributed by atoms with Gasteiger partial charge in [0.05, 0.1) is 22.7 Å². The summed E-state index contributed by atoms with van der Waals surface area (Å²) in [6, 6.07) is 10.0. The van der Waals surface area contributed by atoms with Gasteiger partial charge in [-0.2, -0.15) is 0 Å². The van der Waals surface area contributed by atoms with Gasteiger partial charge in [-0.15, -0.1) is 0 Å². The minimum absolute atomic E-state index is 0.106. The van der Waals surface area contributed by atoms with E-state index in [-0.39, 0.29) is 23.4 Å². The molecule has 1 aliphatic heterocycles. The Morgan fingerprint density at radius 1 is 1.17 bits per heavy atom. The number of hydrogen-bond donors (Lipinski definition) is 0. The van der Waals surface area contributed by atoms with Crippen molar-refractivity contribution in [3.8, 4) is 0 Å². The maximum atomic E-state index is 12.4. The molecule has 7 nitrogen and oxygen atoms in total. The third-order valence-corrected chi connectivity index (χ3v) is 4.11. The number of nitrogens with zero attached hydrogens (tertiary/aromatic N) is 2. The molecule has 120 valence electrons. The zero-order valence-electron chi connectivity index (χ0n) is 12.1. The molecular formula is C16H9BrN2O5. The van der Waals surface area contributed by atoms with Gasteiger partial charge in [-0.3, -0.25) is 29.4 Å². The predicted molar refractivity (Wildman–Crippen MR) is 88.3 cm³/mol. The lowest BCUT2D eigenvalue weighted by Gasteiger charge is -2.15. The summed E-state index contributed by atoms with van der Waals surface area (Å²) in [5.74, 6) is -1.96. The molecule has 8 heteroatoms. The van der Waals surface area contributed by atoms with Gasteiger partial charge in [0.1, 0.15) is 0 Å². The number of rotatable bonds is 4. The fourth-order valence-corrected chi connectivity index (χ4v) is 2.82. The quantitative estimate of drug-likeness (QED) is 0.347. The number of non-ortho nitro benzene ring substituents is 1. The van der Waals surface area contributed by atoms with E-state index in [1.165, 1.54) is 24.3 Å². The number of carbonyl (C=O) groups excluding carboxylic acids is 3. The van der Waals surface area contributed by atoms with Crippen molar-refractivity contribution < 1.29 is 19.3 Å². The van der Waals surface area contributed by atoms with Crippen molar-refractivity contribution in [3.63, 3.8) is 0 Å². The van der Waals surface area contributed by atoms with Crippen LogP contribution in [0.1, 0.15) is 20.7 Å². The van der Waals surface area contributed by atoms with E-state index in [9.17, 15) is 24.5 Å². The summed E-state index contributed by atoms with van der Waals surface area (Å²) < 4.78 is 0.647. The SMILES string of the molecule is O=C(CN1C(=O)C(=O)c2cc(Br)ccc21)c1cccc([N+](=O)[O-])c1. The van der Waals surface area contributed by atoms with Crippen LogP contribution in [-0.4, -0.2) is 28.9 Å². The van der Waals surface area contributed by atoms with Crippen LogP contribution in [-0.2, 0) is 4.79 Å². The molecule has 24 heavy (non-hydrogen) atoms. The minimum atomic E-state index is -0.790. The molecule has 0 unspecified atom stereocenters. The molecule has 0 radical (unpaired) electrons. The summed E-state index contributed by atoms with van der Waals surface area (Å²) in [7, 11) is 0. The van der Waals surface area contributed by atoms with E-state index >= 15 is 0 Å². The number of ketones is 2. The zero-order valence-corrected chi connectivity index (χ0v) is 13.6. The molecule has 0 fully saturated rings. The largest absolute Gasteiger partial charge is 0.299 e. The molecule has 3 rings (SSSR count). The zero-order chi connectivity index (χ0) is 17.4. The third kappa shape index (κ3) is 2.71. The first-order valence-corrected chi connectivity index (χ1v) is 7.61. The second-order valence-electron chi connectivity index (χ2n) is 5.11. The average Bonchev–Trinajstić information content (AvgIpc) is 2.79. The number of fused-ring (bicyclic) bond motifs is 1. The fraction of sp³-hybridized carbons (Fsp3) is 0.0625. The molecule has 0 N–H and O–H groups in total. The van der Waals surface area contributed by atoms with Crippen LogP contribution in [0, 0.1) is 10.1 Å². The number of nitro groups is 1. The molecule has 2 aromatic carbocycles. The van der Waals surface area contributed by atoms with Crippen LogP contribution in [0.4, 0.5) is 11.4 Å². The molecule has 0 aromatic heterocycles. The molecule has 1 aliphatic rings. The van der Waals surface area contributed by atoms with E-state index in [0.717, 1.165) is 11.0 Å². The van der Waals surface area contributed by atoms with Crippen LogP contribution in [0.15, 0.2) is 46.9 Å². The Bertz CT molecular complexity index is 909. The Balaban J connectivity index is 1.90. The topological polar surface area (TPSA) is 97.6 Å². The van der Waals surface area contributed by atoms with Gasteiger partial charge < -0.3 is 0 Å². The smallest absolute Gasteiger partial charge is 0.297 e. The van der Waals surface area contributed by atoms with Gasteiger partial charge in [0.25, 0.3) is 17.4 Å². The fourth-order valence-electron chi connectivity index (χ4n) is 2.46. The van der Waals surface area contributed by atoms with E-state index in [2.05, 4.69) is 15.9 Å². The van der Waals surface area contributed by atoms with E-state index in [1.807, 2.05) is 0 Å². The monoisotopic (exact) mass is 388 g/mol. The standard InChI is InChI=1S/C16H9BrN2O5/c17-10-4-5-13-12(7-10)15(21)16(22)18(13)8-14(20)9-2-1-3-11(6-9)19(23)24/h1-7H,8H2. The molecule has 0 atom stereocenters. The van der Waals surface area contributed by atoms with Crippen molar-refractivity contribution in [1.82, 2.24) is 0 Å². The van der Waals surface area contributed by atoms with Crippen molar-refractivity contribution in [2.24, 2.45) is 0 Å². The van der Waals surface area contributed by atoms with E-state index in [0.29, 0.717) is 10.2 Å². The second-order valence-corrected chi connectivity index (χ2v) is 6.03. The normalized spacial score (nSPS) is 13.1. The lowest BCUT2D eigenvalue weighted by atomic mass is 10.1. The highest BCUT2D eigenvalue weighted by atomic mass is 79.9. The highest BCUT2D eigenvalue weighted by Crippen LogP contribution is 2.31. The number of anilines is 1. The molecule has 1 amide bonds. The predicted octanol–water partition coefficient (Wildman–Crippen LogP) is 2.77. The first kappa shape index (κ1) is 16.0. The first-order chi connectivity index (χ1) is 11.4. The summed E-state index contributed by atoms with van der Waals surface area (Å²) in [5, 5.41) is 10.8. The van der Waals surface area contributed by atoms with Crippen LogP contribution >= 0.6 is 15.9 Å².